The van der Waals surface area contributed by atoms with Gasteiger partial charge in [0, 0.05) is 0 Å². The Hall–Kier alpha value is -0.0251. The fraction of sp³-hybridized carbons (Fsp3) is 0.857. The summed E-state index contributed by atoms with van der Waals surface area (Å²) >= 11 is 3.45. The van der Waals surface area contributed by atoms with E-state index in [9.17, 15) is 9.50 Å². The second-order valence-corrected chi connectivity index (χ2v) is 4.37. The summed E-state index contributed by atoms with van der Waals surface area (Å²) < 4.78 is 10.3. The van der Waals surface area contributed by atoms with Crippen molar-refractivity contribution >= 4 is 28.9 Å². The van der Waals surface area contributed by atoms with E-state index in [2.05, 4.69) is 15.9 Å². The number of alkyl halides is 1. The summed E-state index contributed by atoms with van der Waals surface area (Å²) in [6.45, 7) is 2.37. The van der Waals surface area contributed by atoms with Crippen LogP contribution in [-0.2, 0) is 9.50 Å². The van der Waals surface area contributed by atoms with Crippen LogP contribution < -0.4 is 0 Å². The number of rotatable bonds is 3. The van der Waals surface area contributed by atoms with Crippen molar-refractivity contribution in [1.29, 1.82) is 0 Å². The Labute approximate surface area is 80.9 Å². The number of halogens is 1. The fourth-order valence-electron chi connectivity index (χ4n) is 1.57. The number of Topliss-reactive ketones (excluding diaryl/α,β-unsaturated/α-hetero) is 1. The zero-order valence-corrected chi connectivity index (χ0v) is 8.58. The molecular formula is C7H11BBrNO2. The van der Waals surface area contributed by atoms with Gasteiger partial charge in [0.1, 0.15) is 0 Å². The minimum absolute atomic E-state index is 0.0559. The summed E-state index contributed by atoms with van der Waals surface area (Å²) in [7, 11) is 0.848. The molecule has 1 aliphatic heterocycles. The van der Waals surface area contributed by atoms with Crippen molar-refractivity contribution in [2.24, 2.45) is 0 Å². The van der Waals surface area contributed by atoms with Gasteiger partial charge in [0.25, 0.3) is 0 Å². The molecule has 1 heterocycles. The molecule has 66 valence electrons. The summed E-state index contributed by atoms with van der Waals surface area (Å²) in [6, 6.07) is -0.0559. The number of carbonyl (C=O) groups excluding carboxylic acids is 1. The first-order valence-electron chi connectivity index (χ1n) is 3.97. The van der Waals surface area contributed by atoms with E-state index in [0.29, 0.717) is 11.3 Å². The molecule has 0 radical (unpaired) electrons. The molecule has 0 spiro atoms. The van der Waals surface area contributed by atoms with Gasteiger partial charge < -0.3 is 0 Å². The quantitative estimate of drug-likeness (QED) is 0.522. The second kappa shape index (κ2) is 4.28. The van der Waals surface area contributed by atoms with Gasteiger partial charge in [0.15, 0.2) is 0 Å². The summed E-state index contributed by atoms with van der Waals surface area (Å²) in [5.74, 6) is 0.152. The molecule has 12 heavy (non-hydrogen) atoms. The van der Waals surface area contributed by atoms with Crippen molar-refractivity contribution in [3.63, 3.8) is 0 Å². The van der Waals surface area contributed by atoms with Gasteiger partial charge in [0.05, 0.1) is 0 Å². The van der Waals surface area contributed by atoms with Gasteiger partial charge in [-0.1, -0.05) is 0 Å². The van der Waals surface area contributed by atoms with Crippen molar-refractivity contribution in [2.75, 3.05) is 13.0 Å². The average molecular weight is 232 g/mol. The van der Waals surface area contributed by atoms with Gasteiger partial charge in [-0.3, -0.25) is 0 Å². The van der Waals surface area contributed by atoms with Crippen LogP contribution in [0.15, 0.2) is 0 Å². The van der Waals surface area contributed by atoms with Crippen LogP contribution in [0.3, 0.4) is 0 Å². The van der Waals surface area contributed by atoms with Crippen molar-refractivity contribution < 1.29 is 9.50 Å². The molecule has 0 amide bonds. The molecule has 1 saturated heterocycles. The molecule has 1 rings (SSSR count). The van der Waals surface area contributed by atoms with Gasteiger partial charge in [-0.2, -0.15) is 0 Å². The predicted octanol–water partition coefficient (Wildman–Crippen LogP) is 0.420. The van der Waals surface area contributed by atoms with Crippen LogP contribution in [0.5, 0.6) is 0 Å². The zero-order chi connectivity index (χ0) is 9.14. The van der Waals surface area contributed by atoms with Gasteiger partial charge in [0.2, 0.25) is 0 Å². The predicted molar refractivity (Wildman–Crippen MR) is 49.8 cm³/mol. The van der Waals surface area contributed by atoms with E-state index in [4.69, 9.17) is 0 Å². The SMILES string of the molecule is CC(=O)C1CC(Br)CN1CB=O. The fourth-order valence-corrected chi connectivity index (χ4v) is 2.29. The number of carbonyl (C=O) groups is 1. The standard InChI is InChI=1S/C7H11BBrNO2/c1-5(11)7-2-6(9)3-10(7)4-8-12/h6-7H,2-4H2,1H3. The third-order valence-electron chi connectivity index (χ3n) is 2.13. The van der Waals surface area contributed by atoms with E-state index in [1.165, 1.54) is 0 Å². The van der Waals surface area contributed by atoms with Gasteiger partial charge in [-0.05, 0) is 0 Å². The molecule has 0 saturated carbocycles. The van der Waals surface area contributed by atoms with E-state index < -0.39 is 0 Å². The van der Waals surface area contributed by atoms with Crippen LogP contribution in [0.4, 0.5) is 0 Å². The van der Waals surface area contributed by atoms with E-state index >= 15 is 0 Å². The van der Waals surface area contributed by atoms with E-state index in [-0.39, 0.29) is 11.8 Å². The molecule has 0 N–H and O–H groups in total. The van der Waals surface area contributed by atoms with Crippen molar-refractivity contribution in [3.05, 3.63) is 0 Å². The maximum absolute atomic E-state index is 11.1. The van der Waals surface area contributed by atoms with Crippen molar-refractivity contribution in [2.45, 2.75) is 24.2 Å². The number of hydrogen-bond donors (Lipinski definition) is 0. The second-order valence-electron chi connectivity index (χ2n) is 3.08. The molecule has 5 heteroatoms. The molecule has 0 aromatic carbocycles. The maximum atomic E-state index is 11.1. The molecule has 0 aliphatic carbocycles. The van der Waals surface area contributed by atoms with Crippen LogP contribution in [0.2, 0.25) is 0 Å². The molecule has 2 unspecified atom stereocenters. The van der Waals surface area contributed by atoms with Crippen LogP contribution >= 0.6 is 15.9 Å². The summed E-state index contributed by atoms with van der Waals surface area (Å²) in [5, 5.41) is 0. The Morgan fingerprint density at radius 1 is 1.75 bits per heavy atom. The number of nitrogens with zero attached hydrogens (tertiary/aromatic N) is 1. The zero-order valence-electron chi connectivity index (χ0n) is 7.00. The normalized spacial score (nSPS) is 30.2. The van der Waals surface area contributed by atoms with Crippen LogP contribution in [-0.4, -0.2) is 41.7 Å². The Balaban J connectivity index is 2.58. The first-order valence-corrected chi connectivity index (χ1v) is 4.89. The Morgan fingerprint density at radius 3 is 2.92 bits per heavy atom. The first kappa shape index (κ1) is 10.1. The third kappa shape index (κ3) is 2.23. The average Bonchev–Trinajstić information content (AvgIpc) is 2.32. The number of ketones is 1. The van der Waals surface area contributed by atoms with Crippen LogP contribution in [0.1, 0.15) is 13.3 Å². The van der Waals surface area contributed by atoms with E-state index in [0.717, 1.165) is 20.1 Å². The molecule has 0 bridgehead atoms. The molecule has 0 aromatic heterocycles. The van der Waals surface area contributed by atoms with E-state index in [1.807, 2.05) is 4.90 Å². The summed E-state index contributed by atoms with van der Waals surface area (Å²) in [4.78, 5) is 13.4. The Kier molecular flexibility index (Phi) is 3.59. The molecule has 1 fully saturated rings. The van der Waals surface area contributed by atoms with Crippen LogP contribution in [0, 0.1) is 0 Å². The molecule has 1 aliphatic rings. The molecule has 2 atom stereocenters. The molecular weight excluding hydrogens is 221 g/mol. The first-order chi connectivity index (χ1) is 5.65. The molecule has 0 aromatic rings. The number of likely N-dealkylation sites (tertiary alicyclic amines) is 1. The monoisotopic (exact) mass is 231 g/mol. The van der Waals surface area contributed by atoms with Crippen molar-refractivity contribution in [1.82, 2.24) is 4.90 Å². The van der Waals surface area contributed by atoms with E-state index in [1.54, 1.807) is 6.92 Å². The number of hydrogen-bond acceptors (Lipinski definition) is 3. The summed E-state index contributed by atoms with van der Waals surface area (Å²) in [5.41, 5.74) is 0. The van der Waals surface area contributed by atoms with Gasteiger partial charge in [-0.25, -0.2) is 0 Å². The Morgan fingerprint density at radius 2 is 2.42 bits per heavy atom. The van der Waals surface area contributed by atoms with Gasteiger partial charge >= 0.3 is 80.5 Å². The third-order valence-corrected chi connectivity index (χ3v) is 2.79. The molecule has 3 nitrogen and oxygen atoms in total. The van der Waals surface area contributed by atoms with Gasteiger partial charge in [-0.15, -0.1) is 0 Å². The topological polar surface area (TPSA) is 37.4 Å². The van der Waals surface area contributed by atoms with Crippen LogP contribution in [0.25, 0.3) is 0 Å². The Bertz CT molecular complexity index is 200. The van der Waals surface area contributed by atoms with Crippen molar-refractivity contribution in [3.8, 4) is 0 Å². The summed E-state index contributed by atoms with van der Waals surface area (Å²) in [6.07, 6.45) is 1.19. The minimum atomic E-state index is -0.0559.